The zero-order valence-corrected chi connectivity index (χ0v) is 10.4. The van der Waals surface area contributed by atoms with Crippen molar-refractivity contribution < 1.29 is 13.5 Å². The maximum absolute atomic E-state index is 13.8. The molecule has 1 aromatic carbocycles. The van der Waals surface area contributed by atoms with Gasteiger partial charge in [-0.15, -0.1) is 0 Å². The molecular weight excluding hydrogens is 236 g/mol. The first-order valence-electron chi connectivity index (χ1n) is 6.40. The molecule has 0 saturated carbocycles. The Bertz CT molecular complexity index is 350. The van der Waals surface area contributed by atoms with Crippen LogP contribution in [0.1, 0.15) is 18.4 Å². The maximum Gasteiger partial charge on any atom is 0.285 e. The average molecular weight is 255 g/mol. The van der Waals surface area contributed by atoms with E-state index in [2.05, 4.69) is 5.32 Å². The Morgan fingerprint density at radius 3 is 2.50 bits per heavy atom. The molecule has 1 saturated heterocycles. The van der Waals surface area contributed by atoms with E-state index in [1.165, 1.54) is 12.1 Å². The highest BCUT2D eigenvalue weighted by Gasteiger charge is 2.30. The lowest BCUT2D eigenvalue weighted by atomic mass is 10.0. The lowest BCUT2D eigenvalue weighted by molar-refractivity contribution is -0.00574. The van der Waals surface area contributed by atoms with E-state index in [4.69, 9.17) is 4.74 Å². The van der Waals surface area contributed by atoms with Gasteiger partial charge in [-0.05, 0) is 25.3 Å². The number of rotatable bonds is 5. The summed E-state index contributed by atoms with van der Waals surface area (Å²) in [5.41, 5.74) is 0.0736. The van der Waals surface area contributed by atoms with Crippen molar-refractivity contribution in [2.45, 2.75) is 18.8 Å². The van der Waals surface area contributed by atoms with Crippen molar-refractivity contribution in [1.82, 2.24) is 5.32 Å². The number of hydrogen-bond donors (Lipinski definition) is 1. The minimum Gasteiger partial charge on any atom is -0.381 e. The number of alkyl halides is 2. The Morgan fingerprint density at radius 1 is 1.17 bits per heavy atom. The molecule has 1 aliphatic heterocycles. The Hall–Kier alpha value is -1.00. The van der Waals surface area contributed by atoms with Crippen molar-refractivity contribution in [2.75, 3.05) is 26.3 Å². The normalized spacial score (nSPS) is 17.9. The smallest absolute Gasteiger partial charge is 0.285 e. The van der Waals surface area contributed by atoms with Crippen LogP contribution in [0.4, 0.5) is 8.78 Å². The molecule has 0 radical (unpaired) electrons. The zero-order chi connectivity index (χ0) is 12.8. The van der Waals surface area contributed by atoms with E-state index in [0.717, 1.165) is 26.1 Å². The summed E-state index contributed by atoms with van der Waals surface area (Å²) >= 11 is 0. The summed E-state index contributed by atoms with van der Waals surface area (Å²) < 4.78 is 32.9. The van der Waals surface area contributed by atoms with E-state index < -0.39 is 5.92 Å². The maximum atomic E-state index is 13.8. The molecule has 0 aliphatic carbocycles. The van der Waals surface area contributed by atoms with Crippen LogP contribution in [-0.4, -0.2) is 26.3 Å². The molecule has 4 heteroatoms. The predicted molar refractivity (Wildman–Crippen MR) is 66.7 cm³/mol. The Labute approximate surface area is 106 Å². The summed E-state index contributed by atoms with van der Waals surface area (Å²) in [5.74, 6) is -2.34. The number of halogens is 2. The lowest BCUT2D eigenvalue weighted by Crippen LogP contribution is -2.35. The van der Waals surface area contributed by atoms with Gasteiger partial charge in [-0.2, -0.15) is 8.78 Å². The first-order valence-corrected chi connectivity index (χ1v) is 6.40. The second kappa shape index (κ2) is 6.25. The molecule has 0 unspecified atom stereocenters. The lowest BCUT2D eigenvalue weighted by Gasteiger charge is -2.24. The van der Waals surface area contributed by atoms with E-state index in [9.17, 15) is 8.78 Å². The quantitative estimate of drug-likeness (QED) is 0.873. The fourth-order valence-electron chi connectivity index (χ4n) is 2.17. The number of hydrogen-bond acceptors (Lipinski definition) is 2. The van der Waals surface area contributed by atoms with E-state index in [0.29, 0.717) is 12.5 Å². The SMILES string of the molecule is FC(F)(CNCC1CCOCC1)c1ccccc1. The summed E-state index contributed by atoms with van der Waals surface area (Å²) in [6.07, 6.45) is 1.92. The van der Waals surface area contributed by atoms with E-state index in [-0.39, 0.29) is 12.1 Å². The van der Waals surface area contributed by atoms with Gasteiger partial charge in [0, 0.05) is 18.8 Å². The van der Waals surface area contributed by atoms with Gasteiger partial charge in [0.05, 0.1) is 6.54 Å². The van der Waals surface area contributed by atoms with Crippen LogP contribution < -0.4 is 5.32 Å². The van der Waals surface area contributed by atoms with Crippen LogP contribution in [0.25, 0.3) is 0 Å². The van der Waals surface area contributed by atoms with Crippen molar-refractivity contribution in [2.24, 2.45) is 5.92 Å². The molecule has 100 valence electrons. The first-order chi connectivity index (χ1) is 8.68. The van der Waals surface area contributed by atoms with E-state index in [1.54, 1.807) is 18.2 Å². The second-order valence-corrected chi connectivity index (χ2v) is 4.76. The highest BCUT2D eigenvalue weighted by Crippen LogP contribution is 2.26. The van der Waals surface area contributed by atoms with Gasteiger partial charge in [0.15, 0.2) is 0 Å². The van der Waals surface area contributed by atoms with Crippen molar-refractivity contribution in [3.05, 3.63) is 35.9 Å². The van der Waals surface area contributed by atoms with Gasteiger partial charge in [0.25, 0.3) is 5.92 Å². The van der Waals surface area contributed by atoms with Crippen molar-refractivity contribution >= 4 is 0 Å². The van der Waals surface area contributed by atoms with Crippen molar-refractivity contribution in [3.63, 3.8) is 0 Å². The molecule has 1 fully saturated rings. The Kier molecular flexibility index (Phi) is 4.66. The van der Waals surface area contributed by atoms with Gasteiger partial charge in [-0.1, -0.05) is 30.3 Å². The van der Waals surface area contributed by atoms with Crippen LogP contribution >= 0.6 is 0 Å². The molecule has 1 heterocycles. The number of benzene rings is 1. The number of nitrogens with one attached hydrogen (secondary N) is 1. The fourth-order valence-corrected chi connectivity index (χ4v) is 2.17. The van der Waals surface area contributed by atoms with Crippen LogP contribution in [0, 0.1) is 5.92 Å². The van der Waals surface area contributed by atoms with Crippen LogP contribution in [0.15, 0.2) is 30.3 Å². The van der Waals surface area contributed by atoms with Gasteiger partial charge >= 0.3 is 0 Å². The predicted octanol–water partition coefficient (Wildman–Crippen LogP) is 2.79. The topological polar surface area (TPSA) is 21.3 Å². The summed E-state index contributed by atoms with van der Waals surface area (Å²) in [5, 5.41) is 2.89. The molecule has 1 aromatic rings. The largest absolute Gasteiger partial charge is 0.381 e. The summed E-state index contributed by atoms with van der Waals surface area (Å²) in [6.45, 7) is 1.85. The molecule has 0 spiro atoms. The molecule has 1 aliphatic rings. The van der Waals surface area contributed by atoms with Crippen molar-refractivity contribution in [3.8, 4) is 0 Å². The summed E-state index contributed by atoms with van der Waals surface area (Å²) in [4.78, 5) is 0. The van der Waals surface area contributed by atoms with E-state index in [1.807, 2.05) is 0 Å². The second-order valence-electron chi connectivity index (χ2n) is 4.76. The van der Waals surface area contributed by atoms with Gasteiger partial charge in [0.1, 0.15) is 0 Å². The van der Waals surface area contributed by atoms with Gasteiger partial charge < -0.3 is 10.1 Å². The molecule has 0 bridgehead atoms. The molecule has 2 nitrogen and oxygen atoms in total. The molecule has 0 atom stereocenters. The van der Waals surface area contributed by atoms with Gasteiger partial charge in [-0.3, -0.25) is 0 Å². The average Bonchev–Trinajstić information content (AvgIpc) is 2.41. The third-order valence-electron chi connectivity index (χ3n) is 3.32. The van der Waals surface area contributed by atoms with Gasteiger partial charge in [0.2, 0.25) is 0 Å². The minimum absolute atomic E-state index is 0.0736. The summed E-state index contributed by atoms with van der Waals surface area (Å²) in [7, 11) is 0. The van der Waals surface area contributed by atoms with Crippen LogP contribution in [0.5, 0.6) is 0 Å². The fraction of sp³-hybridized carbons (Fsp3) is 0.571. The first kappa shape index (κ1) is 13.4. The minimum atomic E-state index is -2.80. The van der Waals surface area contributed by atoms with Crippen LogP contribution in [0.3, 0.4) is 0 Å². The third kappa shape index (κ3) is 3.75. The van der Waals surface area contributed by atoms with Crippen LogP contribution in [-0.2, 0) is 10.7 Å². The van der Waals surface area contributed by atoms with Crippen LogP contribution in [0.2, 0.25) is 0 Å². The molecule has 1 N–H and O–H groups in total. The highest BCUT2D eigenvalue weighted by atomic mass is 19.3. The Morgan fingerprint density at radius 2 is 1.83 bits per heavy atom. The van der Waals surface area contributed by atoms with Crippen molar-refractivity contribution in [1.29, 1.82) is 0 Å². The molecule has 0 amide bonds. The third-order valence-corrected chi connectivity index (χ3v) is 3.32. The monoisotopic (exact) mass is 255 g/mol. The molecular formula is C14H19F2NO. The Balaban J connectivity index is 1.78. The molecule has 18 heavy (non-hydrogen) atoms. The zero-order valence-electron chi connectivity index (χ0n) is 10.4. The molecule has 0 aromatic heterocycles. The van der Waals surface area contributed by atoms with Gasteiger partial charge in [-0.25, -0.2) is 0 Å². The standard InChI is InChI=1S/C14H19F2NO/c15-14(16,13-4-2-1-3-5-13)11-17-10-12-6-8-18-9-7-12/h1-5,12,17H,6-11H2. The van der Waals surface area contributed by atoms with E-state index >= 15 is 0 Å². The summed E-state index contributed by atoms with van der Waals surface area (Å²) in [6, 6.07) is 7.96. The number of ether oxygens (including phenoxy) is 1. The highest BCUT2D eigenvalue weighted by molar-refractivity contribution is 5.20. The molecule has 2 rings (SSSR count).